The molecule has 0 saturated carbocycles. The number of amides is 1. The van der Waals surface area contributed by atoms with Crippen LogP contribution in [0.4, 0.5) is 9.18 Å². The van der Waals surface area contributed by atoms with Crippen molar-refractivity contribution in [1.29, 1.82) is 5.26 Å². The van der Waals surface area contributed by atoms with E-state index in [1.165, 1.54) is 27.7 Å². The molecule has 2 aromatic rings. The molecule has 1 fully saturated rings. The van der Waals surface area contributed by atoms with E-state index in [9.17, 15) is 19.2 Å². The molecule has 0 spiro atoms. The lowest BCUT2D eigenvalue weighted by Gasteiger charge is -2.30. The third-order valence-electron chi connectivity index (χ3n) is 5.04. The zero-order valence-electron chi connectivity index (χ0n) is 18.2. The Kier molecular flexibility index (Phi) is 7.22. The highest BCUT2D eigenvalue weighted by Gasteiger charge is 2.34. The third-order valence-corrected chi connectivity index (χ3v) is 5.34. The quantitative estimate of drug-likeness (QED) is 0.685. The predicted molar refractivity (Wildman–Crippen MR) is 117 cm³/mol. The van der Waals surface area contributed by atoms with Crippen LogP contribution in [-0.4, -0.2) is 40.9 Å². The fraction of sp³-hybridized carbons (Fsp3) is 0.435. The van der Waals surface area contributed by atoms with E-state index in [2.05, 4.69) is 0 Å². The molecule has 0 aliphatic carbocycles. The molecule has 1 aliphatic heterocycles. The number of hydrogen-bond donors (Lipinski definition) is 0. The summed E-state index contributed by atoms with van der Waals surface area (Å²) in [5.74, 6) is -0.999. The smallest absolute Gasteiger partial charge is 0.410 e. The summed E-state index contributed by atoms with van der Waals surface area (Å²) in [5, 5.41) is 9.18. The molecule has 0 unspecified atom stereocenters. The average molecular weight is 462 g/mol. The van der Waals surface area contributed by atoms with Crippen molar-refractivity contribution in [3.63, 3.8) is 0 Å². The van der Waals surface area contributed by atoms with Gasteiger partial charge < -0.3 is 18.9 Å². The maximum Gasteiger partial charge on any atom is 0.410 e. The SMILES string of the molecule is CC(C)(C)OC(=O)N1CCO[C@@H](c2ccc(Cl)c(F)c2)[C@H](Cn2cccc(C#N)c2=O)C1. The summed E-state index contributed by atoms with van der Waals surface area (Å²) in [6.07, 6.45) is 0.477. The van der Waals surface area contributed by atoms with E-state index in [1.54, 1.807) is 39.1 Å². The molecule has 32 heavy (non-hydrogen) atoms. The van der Waals surface area contributed by atoms with Crippen LogP contribution in [0.25, 0.3) is 0 Å². The first-order valence-electron chi connectivity index (χ1n) is 10.2. The van der Waals surface area contributed by atoms with Crippen LogP contribution in [0.2, 0.25) is 5.02 Å². The van der Waals surface area contributed by atoms with Gasteiger partial charge >= 0.3 is 6.09 Å². The van der Waals surface area contributed by atoms with Crippen LogP contribution in [0, 0.1) is 23.1 Å². The van der Waals surface area contributed by atoms with E-state index >= 15 is 0 Å². The van der Waals surface area contributed by atoms with Crippen LogP contribution < -0.4 is 5.56 Å². The minimum Gasteiger partial charge on any atom is -0.444 e. The van der Waals surface area contributed by atoms with Gasteiger partial charge in [-0.05, 0) is 50.6 Å². The maximum atomic E-state index is 14.2. The molecule has 1 saturated heterocycles. The van der Waals surface area contributed by atoms with Crippen molar-refractivity contribution in [2.45, 2.75) is 39.0 Å². The van der Waals surface area contributed by atoms with Crippen LogP contribution >= 0.6 is 11.6 Å². The van der Waals surface area contributed by atoms with Gasteiger partial charge in [0.25, 0.3) is 5.56 Å². The number of rotatable bonds is 3. The van der Waals surface area contributed by atoms with E-state index in [-0.39, 0.29) is 36.8 Å². The van der Waals surface area contributed by atoms with Crippen LogP contribution in [0.1, 0.15) is 38.0 Å². The summed E-state index contributed by atoms with van der Waals surface area (Å²) < 4.78 is 27.1. The van der Waals surface area contributed by atoms with Crippen molar-refractivity contribution in [3.8, 4) is 6.07 Å². The largest absolute Gasteiger partial charge is 0.444 e. The molecule has 1 aromatic heterocycles. The van der Waals surface area contributed by atoms with Crippen molar-refractivity contribution < 1.29 is 18.7 Å². The molecule has 1 amide bonds. The molecule has 2 atom stereocenters. The van der Waals surface area contributed by atoms with Crippen LogP contribution in [-0.2, 0) is 16.0 Å². The average Bonchev–Trinajstić information content (AvgIpc) is 2.93. The van der Waals surface area contributed by atoms with E-state index < -0.39 is 35.1 Å². The molecule has 7 nitrogen and oxygen atoms in total. The highest BCUT2D eigenvalue weighted by Crippen LogP contribution is 2.32. The number of carbonyl (C=O) groups is 1. The number of pyridine rings is 1. The topological polar surface area (TPSA) is 84.6 Å². The van der Waals surface area contributed by atoms with Crippen LogP contribution in [0.15, 0.2) is 41.3 Å². The molecule has 3 rings (SSSR count). The molecule has 1 aliphatic rings. The fourth-order valence-corrected chi connectivity index (χ4v) is 3.74. The zero-order valence-corrected chi connectivity index (χ0v) is 18.9. The standard InChI is InChI=1S/C23H25ClFN3O4/c1-23(2,3)32-22(30)28-9-10-31-20(15-6-7-18(24)19(25)11-15)17(14-28)13-27-8-4-5-16(12-26)21(27)29/h4-8,11,17,20H,9-10,13-14H2,1-3H3/t17-,20+/m1/s1. The lowest BCUT2D eigenvalue weighted by atomic mass is 9.94. The van der Waals surface area contributed by atoms with Gasteiger partial charge in [-0.1, -0.05) is 17.7 Å². The van der Waals surface area contributed by atoms with Crippen molar-refractivity contribution in [3.05, 3.63) is 68.8 Å². The molecule has 2 heterocycles. The molecular weight excluding hydrogens is 437 g/mol. The second-order valence-corrected chi connectivity index (χ2v) is 9.05. The number of nitrogens with zero attached hydrogens (tertiary/aromatic N) is 3. The molecule has 1 aromatic carbocycles. The van der Waals surface area contributed by atoms with Gasteiger partial charge in [0.2, 0.25) is 0 Å². The number of benzene rings is 1. The molecule has 9 heteroatoms. The van der Waals surface area contributed by atoms with Crippen molar-refractivity contribution in [2.75, 3.05) is 19.7 Å². The molecular formula is C23H25ClFN3O4. The lowest BCUT2D eigenvalue weighted by molar-refractivity contribution is 0.0231. The van der Waals surface area contributed by atoms with E-state index in [4.69, 9.17) is 21.1 Å². The van der Waals surface area contributed by atoms with Gasteiger partial charge in [0, 0.05) is 31.7 Å². The maximum absolute atomic E-state index is 14.2. The minimum absolute atomic E-state index is 0.00718. The van der Waals surface area contributed by atoms with Gasteiger partial charge in [-0.3, -0.25) is 4.79 Å². The van der Waals surface area contributed by atoms with Gasteiger partial charge in [0.1, 0.15) is 23.1 Å². The molecule has 0 N–H and O–H groups in total. The van der Waals surface area contributed by atoms with Crippen molar-refractivity contribution >= 4 is 17.7 Å². The number of halogens is 2. The highest BCUT2D eigenvalue weighted by molar-refractivity contribution is 6.30. The van der Waals surface area contributed by atoms with Gasteiger partial charge in [0.15, 0.2) is 0 Å². The normalized spacial score (nSPS) is 19.2. The summed E-state index contributed by atoms with van der Waals surface area (Å²) in [6.45, 7) is 6.20. The Labute approximate surface area is 190 Å². The minimum atomic E-state index is -0.670. The second kappa shape index (κ2) is 9.72. The third kappa shape index (κ3) is 5.67. The zero-order chi connectivity index (χ0) is 23.5. The van der Waals surface area contributed by atoms with Crippen LogP contribution in [0.5, 0.6) is 0 Å². The van der Waals surface area contributed by atoms with Crippen molar-refractivity contribution in [2.24, 2.45) is 5.92 Å². The van der Waals surface area contributed by atoms with E-state index in [1.807, 2.05) is 6.07 Å². The summed E-state index contributed by atoms with van der Waals surface area (Å²) in [7, 11) is 0. The van der Waals surface area contributed by atoms with Crippen molar-refractivity contribution in [1.82, 2.24) is 9.47 Å². The van der Waals surface area contributed by atoms with E-state index in [0.717, 1.165) is 0 Å². The van der Waals surface area contributed by atoms with Gasteiger partial charge in [-0.15, -0.1) is 0 Å². The molecule has 0 radical (unpaired) electrons. The first kappa shape index (κ1) is 23.8. The monoisotopic (exact) mass is 461 g/mol. The first-order valence-corrected chi connectivity index (χ1v) is 10.6. The Morgan fingerprint density at radius 3 is 2.78 bits per heavy atom. The Bertz CT molecular complexity index is 1090. The number of nitriles is 1. The van der Waals surface area contributed by atoms with Gasteiger partial charge in [0.05, 0.1) is 17.7 Å². The Hall–Kier alpha value is -2.89. The summed E-state index contributed by atoms with van der Waals surface area (Å²) in [6, 6.07) is 9.36. The van der Waals surface area contributed by atoms with Gasteiger partial charge in [-0.2, -0.15) is 5.26 Å². The summed E-state index contributed by atoms with van der Waals surface area (Å²) >= 11 is 5.84. The Morgan fingerprint density at radius 2 is 2.12 bits per heavy atom. The fourth-order valence-electron chi connectivity index (χ4n) is 3.62. The molecule has 170 valence electrons. The highest BCUT2D eigenvalue weighted by atomic mass is 35.5. The Morgan fingerprint density at radius 1 is 1.38 bits per heavy atom. The summed E-state index contributed by atoms with van der Waals surface area (Å²) in [4.78, 5) is 26.9. The molecule has 0 bridgehead atoms. The number of carbonyl (C=O) groups excluding carboxylic acids is 1. The van der Waals surface area contributed by atoms with Gasteiger partial charge in [-0.25, -0.2) is 9.18 Å². The predicted octanol–water partition coefficient (Wildman–Crippen LogP) is 4.14. The lowest BCUT2D eigenvalue weighted by Crippen LogP contribution is -2.41. The van der Waals surface area contributed by atoms with Crippen LogP contribution in [0.3, 0.4) is 0 Å². The number of aromatic nitrogens is 1. The van der Waals surface area contributed by atoms with E-state index in [0.29, 0.717) is 5.56 Å². The second-order valence-electron chi connectivity index (χ2n) is 8.64. The first-order chi connectivity index (χ1) is 15.1. The number of ether oxygens (including phenoxy) is 2. The number of hydrogen-bond acceptors (Lipinski definition) is 5. The Balaban J connectivity index is 1.97. The summed E-state index contributed by atoms with van der Waals surface area (Å²) in [5.41, 5.74) is -0.548.